The van der Waals surface area contributed by atoms with Gasteiger partial charge in [0.25, 0.3) is 0 Å². The quantitative estimate of drug-likeness (QED) is 0.0153. The summed E-state index contributed by atoms with van der Waals surface area (Å²) >= 11 is 0. The largest absolute Gasteiger partial charge is 0.481 e. The lowest BCUT2D eigenvalue weighted by Crippen LogP contribution is -2.62. The molecular formula is C69H116N18O26. The summed E-state index contributed by atoms with van der Waals surface area (Å²) in [7, 11) is 0. The molecule has 0 radical (unpaired) electrons. The Morgan fingerprint density at radius 1 is 0.407 bits per heavy atom. The van der Waals surface area contributed by atoms with Crippen molar-refractivity contribution in [2.45, 2.75) is 269 Å². The zero-order valence-corrected chi connectivity index (χ0v) is 65.2. The van der Waals surface area contributed by atoms with Crippen LogP contribution in [0.1, 0.15) is 178 Å². The summed E-state index contributed by atoms with van der Waals surface area (Å²) in [5.41, 5.74) is 22.5. The molecule has 0 aliphatic carbocycles. The van der Waals surface area contributed by atoms with Gasteiger partial charge in [0.15, 0.2) is 5.96 Å². The van der Waals surface area contributed by atoms with Crippen LogP contribution >= 0.6 is 0 Å². The summed E-state index contributed by atoms with van der Waals surface area (Å²) in [6.45, 7) is 15.1. The molecular weight excluding hydrogens is 1500 g/mol. The highest BCUT2D eigenvalue weighted by atomic mass is 16.4. The normalized spacial score (nSPS) is 16.3. The van der Waals surface area contributed by atoms with Crippen LogP contribution in [0.15, 0.2) is 4.99 Å². The van der Waals surface area contributed by atoms with Crippen molar-refractivity contribution in [3.8, 4) is 0 Å². The Morgan fingerprint density at radius 2 is 0.779 bits per heavy atom. The van der Waals surface area contributed by atoms with Crippen molar-refractivity contribution in [3.05, 3.63) is 0 Å². The molecule has 0 bridgehead atoms. The first kappa shape index (κ1) is 100. The van der Waals surface area contributed by atoms with E-state index >= 15 is 0 Å². The molecule has 1 saturated heterocycles. The van der Waals surface area contributed by atoms with Gasteiger partial charge < -0.3 is 127 Å². The number of aliphatic carboxylic acids is 6. The molecule has 1 fully saturated rings. The number of amides is 13. The minimum Gasteiger partial charge on any atom is -0.481 e. The maximum Gasteiger partial charge on any atom is 0.326 e. The predicted octanol–water partition coefficient (Wildman–Crippen LogP) is -6.26. The molecule has 27 N–H and O–H groups in total. The third-order valence-electron chi connectivity index (χ3n) is 17.5. The average molecular weight is 1610 g/mol. The minimum atomic E-state index is -2.28. The van der Waals surface area contributed by atoms with Crippen LogP contribution < -0.4 is 86.7 Å². The van der Waals surface area contributed by atoms with Gasteiger partial charge in [-0.3, -0.25) is 91.3 Å². The first-order chi connectivity index (χ1) is 52.6. The van der Waals surface area contributed by atoms with Crippen LogP contribution in [0, 0.1) is 23.7 Å². The Bertz CT molecular complexity index is 3370. The van der Waals surface area contributed by atoms with E-state index in [1.54, 1.807) is 27.7 Å². The molecule has 0 aromatic rings. The van der Waals surface area contributed by atoms with Crippen LogP contribution in [0.5, 0.6) is 0 Å². The van der Waals surface area contributed by atoms with Crippen LogP contribution in [0.4, 0.5) is 0 Å². The summed E-state index contributed by atoms with van der Waals surface area (Å²) in [6.07, 6.45) is -8.03. The minimum absolute atomic E-state index is 0.0250. The van der Waals surface area contributed by atoms with Gasteiger partial charge in [0, 0.05) is 32.4 Å². The lowest BCUT2D eigenvalue weighted by Gasteiger charge is -2.32. The van der Waals surface area contributed by atoms with Crippen LogP contribution in [0.3, 0.4) is 0 Å². The number of hydrogen-bond acceptors (Lipinski definition) is 23. The first-order valence-corrected chi connectivity index (χ1v) is 37.1. The van der Waals surface area contributed by atoms with Crippen LogP contribution in [-0.2, 0) is 91.1 Å². The molecule has 1 rings (SSSR count). The number of nitrogens with one attached hydrogen (secondary N) is 12. The smallest absolute Gasteiger partial charge is 0.326 e. The second-order valence-corrected chi connectivity index (χ2v) is 29.0. The van der Waals surface area contributed by atoms with Gasteiger partial charge in [-0.15, -0.1) is 0 Å². The van der Waals surface area contributed by atoms with Crippen molar-refractivity contribution in [1.82, 2.24) is 68.7 Å². The fraction of sp³-hybridized carbons (Fsp3) is 0.710. The number of carbonyl (C=O) groups is 19. The first-order valence-electron chi connectivity index (χ1n) is 37.1. The van der Waals surface area contributed by atoms with E-state index < -0.39 is 267 Å². The van der Waals surface area contributed by atoms with E-state index in [0.29, 0.717) is 6.42 Å². The topological polar surface area (TPSA) is 730 Å². The molecule has 0 saturated carbocycles. The number of carboxylic acid groups (broad SMARTS) is 6. The van der Waals surface area contributed by atoms with E-state index in [9.17, 15) is 127 Å². The summed E-state index contributed by atoms with van der Waals surface area (Å²) in [4.78, 5) is 258. The number of carboxylic acids is 6. The molecule has 0 spiro atoms. The van der Waals surface area contributed by atoms with Gasteiger partial charge in [0.1, 0.15) is 78.5 Å². The Labute approximate surface area is 652 Å². The Morgan fingerprint density at radius 3 is 1.20 bits per heavy atom. The van der Waals surface area contributed by atoms with Crippen molar-refractivity contribution >= 4 is 119 Å². The molecule has 0 unspecified atom stereocenters. The number of carbonyl (C=O) groups excluding carboxylic acids is 13. The number of aliphatic hydroxyl groups excluding tert-OH is 1. The summed E-state index contributed by atoms with van der Waals surface area (Å²) in [5, 5.41) is 97.0. The zero-order chi connectivity index (χ0) is 86.4. The summed E-state index contributed by atoms with van der Waals surface area (Å²) in [5.74, 6) is -26.4. The number of nitrogens with zero attached hydrogens (tertiary/aromatic N) is 2. The molecule has 0 aromatic carbocycles. The molecule has 44 heteroatoms. The summed E-state index contributed by atoms with van der Waals surface area (Å²) < 4.78 is 0. The Balaban J connectivity index is 3.58. The van der Waals surface area contributed by atoms with E-state index in [-0.39, 0.29) is 88.8 Å². The fourth-order valence-electron chi connectivity index (χ4n) is 11.5. The van der Waals surface area contributed by atoms with Gasteiger partial charge in [-0.05, 0) is 121 Å². The molecule has 1 aliphatic heterocycles. The monoisotopic (exact) mass is 1610 g/mol. The van der Waals surface area contributed by atoms with E-state index in [1.807, 2.05) is 19.2 Å². The number of unbranched alkanes of at least 4 members (excludes halogenated alkanes) is 1. The number of aliphatic hydroxyl groups is 1. The van der Waals surface area contributed by atoms with Crippen molar-refractivity contribution in [2.75, 3.05) is 19.6 Å². The maximum absolute atomic E-state index is 14.5. The molecule has 13 amide bonds. The van der Waals surface area contributed by atoms with Crippen LogP contribution in [-0.4, -0.2) is 270 Å². The Hall–Kier alpha value is -10.9. The van der Waals surface area contributed by atoms with E-state index in [1.165, 1.54) is 13.8 Å². The molecule has 0 aromatic heterocycles. The number of aliphatic imine (C=N–C) groups is 1. The number of guanidine groups is 1. The third kappa shape index (κ3) is 37.8. The molecule has 638 valence electrons. The molecule has 1 aliphatic rings. The highest BCUT2D eigenvalue weighted by molar-refractivity contribution is 6.01. The van der Waals surface area contributed by atoms with Gasteiger partial charge >= 0.3 is 35.8 Å². The van der Waals surface area contributed by atoms with Crippen molar-refractivity contribution < 1.29 is 127 Å². The number of likely N-dealkylation sites (tertiary alicyclic amines) is 1. The van der Waals surface area contributed by atoms with E-state index in [4.69, 9.17) is 22.9 Å². The SMILES string of the molecule is CC(C)C[C@H](NC(=O)[C@H](C)NC(=O)[C@H](CCC(=O)O)NC(=O)[C@H](CC(=O)O)NC(=O)[C@H](CC(=O)O)NC(=O)[C@@H](NC(=O)[C@H](CCC(=O)O)NC(=O)[C@@H]1CCCN1C(=O)[C@@H](NC(=O)[C@H](CCCN=C(N)N)NC(=O)[C@@H](NC(=O)[C@@H](N)CC(C)C)C(C)C)[C@@H](C)O)C(C)C)C(=O)N[C@@H](CCC(=O)O)C(=O)N[C@@H](CCCCN)C(=O)O. The van der Waals surface area contributed by atoms with E-state index in [0.717, 1.165) is 18.7 Å². The van der Waals surface area contributed by atoms with Gasteiger partial charge in [-0.1, -0.05) is 55.4 Å². The lowest BCUT2D eigenvalue weighted by atomic mass is 9.99. The maximum atomic E-state index is 14.5. The van der Waals surface area contributed by atoms with Crippen molar-refractivity contribution in [3.63, 3.8) is 0 Å². The molecule has 1 heterocycles. The van der Waals surface area contributed by atoms with Crippen molar-refractivity contribution in [2.24, 2.45) is 51.6 Å². The average Bonchev–Trinajstić information content (AvgIpc) is 1.73. The third-order valence-corrected chi connectivity index (χ3v) is 17.5. The standard InChI is InChI=1S/C69H116N18O26/c1-31(2)27-37(71)56(100)84-52(33(5)6)65(109)79-38(16-13-25-74-69(72)73)59(103)86-54(36(10)88)67(111)87-26-14-17-46(87)64(108)78-41(20-23-49(93)94)60(104)85-53(34(7)8)66(110)83-45(30-51(97)98)63(107)82-44(29-50(95)96)62(106)76-39(18-21-47(89)90)57(101)75-35(9)55(99)81-43(28-32(3)4)61(105)77-40(19-22-48(91)92)58(102)80-42(68(112)113)15-11-12-24-70/h31-46,52-54,88H,11-30,70-71H2,1-10H3,(H,75,101)(H,76,106)(H,77,105)(H,78,108)(H,79,109)(H,80,102)(H,81,99)(H,82,107)(H,83,110)(H,84,100)(H,85,104)(H,86,103)(H,89,90)(H,91,92)(H,93,94)(H,95,96)(H,97,98)(H,112,113)(H4,72,73,74)/t35-,36+,37-,38-,39-,40-,41-,42-,43-,44-,45-,46-,52-,53-,54-/m0/s1. The van der Waals surface area contributed by atoms with Crippen LogP contribution in [0.25, 0.3) is 0 Å². The second kappa shape index (κ2) is 50.2. The molecule has 44 nitrogen and oxygen atoms in total. The molecule has 113 heavy (non-hydrogen) atoms. The highest BCUT2D eigenvalue weighted by Crippen LogP contribution is 2.22. The van der Waals surface area contributed by atoms with Gasteiger partial charge in [-0.25, -0.2) is 4.79 Å². The number of hydrogen-bond donors (Lipinski definition) is 23. The van der Waals surface area contributed by atoms with E-state index in [2.05, 4.69) is 63.5 Å². The molecule has 15 atom stereocenters. The van der Waals surface area contributed by atoms with Crippen molar-refractivity contribution in [1.29, 1.82) is 0 Å². The predicted molar refractivity (Wildman–Crippen MR) is 397 cm³/mol. The van der Waals surface area contributed by atoms with Gasteiger partial charge in [0.05, 0.1) is 25.0 Å². The number of rotatable bonds is 54. The second-order valence-electron chi connectivity index (χ2n) is 29.0. The van der Waals surface area contributed by atoms with Gasteiger partial charge in [-0.2, -0.15) is 0 Å². The highest BCUT2D eigenvalue weighted by Gasteiger charge is 2.43. The lowest BCUT2D eigenvalue weighted by molar-refractivity contribution is -0.145. The fourth-order valence-corrected chi connectivity index (χ4v) is 11.5. The summed E-state index contributed by atoms with van der Waals surface area (Å²) in [6, 6.07) is -23.4. The number of nitrogens with two attached hydrogens (primary N) is 4. The Kier molecular flexibility index (Phi) is 44.4. The van der Waals surface area contributed by atoms with Gasteiger partial charge in [0.2, 0.25) is 76.8 Å². The van der Waals surface area contributed by atoms with Crippen LogP contribution in [0.2, 0.25) is 0 Å². The zero-order valence-electron chi connectivity index (χ0n) is 65.2.